The van der Waals surface area contributed by atoms with Crippen molar-refractivity contribution in [1.29, 1.82) is 0 Å². The Bertz CT molecular complexity index is 1360. The van der Waals surface area contributed by atoms with E-state index in [2.05, 4.69) is 4.72 Å². The molecule has 11 heteroatoms. The topological polar surface area (TPSA) is 102 Å². The van der Waals surface area contributed by atoms with Crippen LogP contribution in [0.2, 0.25) is 0 Å². The van der Waals surface area contributed by atoms with Gasteiger partial charge >= 0.3 is 5.97 Å². The molecular formula is C23H19F3N2O5S. The third kappa shape index (κ3) is 5.73. The molecule has 3 aromatic rings. The minimum atomic E-state index is -3.86. The standard InChI is InChI=1S/C23H19F3N2O5S/c1-13-3-4-14(2)19(11-13)34(31,32)28-16-7-5-15(6-8-16)23(30)33-12-20(29)27-18-10-9-17(24)21(25)22(18)26/h3-11,28H,12H2,1-2H3,(H,27,29). The van der Waals surface area contributed by atoms with Crippen LogP contribution < -0.4 is 10.0 Å². The van der Waals surface area contributed by atoms with Crippen LogP contribution in [0.3, 0.4) is 0 Å². The number of amides is 1. The predicted octanol–water partition coefficient (Wildman–Crippen LogP) is 4.32. The minimum Gasteiger partial charge on any atom is -0.452 e. The van der Waals surface area contributed by atoms with E-state index >= 15 is 0 Å². The van der Waals surface area contributed by atoms with Crippen LogP contribution in [0, 0.1) is 31.3 Å². The Hall–Kier alpha value is -3.86. The molecule has 0 heterocycles. The Labute approximate surface area is 193 Å². The van der Waals surface area contributed by atoms with Gasteiger partial charge in [0.25, 0.3) is 15.9 Å². The predicted molar refractivity (Wildman–Crippen MR) is 118 cm³/mol. The van der Waals surface area contributed by atoms with Gasteiger partial charge in [-0.25, -0.2) is 26.4 Å². The minimum absolute atomic E-state index is 0.0153. The van der Waals surface area contributed by atoms with Crippen molar-refractivity contribution in [3.05, 3.63) is 88.7 Å². The Balaban J connectivity index is 1.60. The Morgan fingerprint density at radius 2 is 1.59 bits per heavy atom. The van der Waals surface area contributed by atoms with Crippen molar-refractivity contribution in [1.82, 2.24) is 0 Å². The summed E-state index contributed by atoms with van der Waals surface area (Å²) >= 11 is 0. The number of halogens is 3. The van der Waals surface area contributed by atoms with Gasteiger partial charge in [-0.15, -0.1) is 0 Å². The molecular weight excluding hydrogens is 473 g/mol. The van der Waals surface area contributed by atoms with E-state index in [1.165, 1.54) is 24.3 Å². The first kappa shape index (κ1) is 24.8. The monoisotopic (exact) mass is 492 g/mol. The van der Waals surface area contributed by atoms with Gasteiger partial charge in [-0.05, 0) is 67.4 Å². The van der Waals surface area contributed by atoms with Crippen LogP contribution in [0.1, 0.15) is 21.5 Å². The Morgan fingerprint density at radius 1 is 0.912 bits per heavy atom. The number of carbonyl (C=O) groups excluding carboxylic acids is 2. The Morgan fingerprint density at radius 3 is 2.26 bits per heavy atom. The van der Waals surface area contributed by atoms with Gasteiger partial charge in [-0.1, -0.05) is 12.1 Å². The summed E-state index contributed by atoms with van der Waals surface area (Å²) in [6, 6.07) is 11.8. The van der Waals surface area contributed by atoms with Crippen LogP contribution in [0.15, 0.2) is 59.5 Å². The van der Waals surface area contributed by atoms with Gasteiger partial charge in [0.05, 0.1) is 16.1 Å². The second-order valence-corrected chi connectivity index (χ2v) is 8.95. The number of benzene rings is 3. The summed E-state index contributed by atoms with van der Waals surface area (Å²) in [5, 5.41) is 1.97. The van der Waals surface area contributed by atoms with E-state index in [9.17, 15) is 31.2 Å². The molecule has 0 saturated heterocycles. The van der Waals surface area contributed by atoms with E-state index < -0.39 is 51.6 Å². The molecule has 0 aromatic heterocycles. The normalized spacial score (nSPS) is 11.1. The summed E-state index contributed by atoms with van der Waals surface area (Å²) in [4.78, 5) is 24.1. The molecule has 2 N–H and O–H groups in total. The third-order valence-electron chi connectivity index (χ3n) is 4.65. The van der Waals surface area contributed by atoms with Gasteiger partial charge in [-0.3, -0.25) is 9.52 Å². The Kier molecular flexibility index (Phi) is 7.26. The van der Waals surface area contributed by atoms with E-state index in [-0.39, 0.29) is 16.1 Å². The van der Waals surface area contributed by atoms with Gasteiger partial charge in [0.2, 0.25) is 0 Å². The highest BCUT2D eigenvalue weighted by atomic mass is 32.2. The van der Waals surface area contributed by atoms with E-state index in [0.717, 1.165) is 11.6 Å². The smallest absolute Gasteiger partial charge is 0.338 e. The SMILES string of the molecule is Cc1ccc(C)c(S(=O)(=O)Nc2ccc(C(=O)OCC(=O)Nc3ccc(F)c(F)c3F)cc2)c1. The fourth-order valence-electron chi connectivity index (χ4n) is 2.90. The number of aryl methyl sites for hydroxylation is 2. The molecule has 0 atom stereocenters. The van der Waals surface area contributed by atoms with Crippen LogP contribution in [0.25, 0.3) is 0 Å². The number of rotatable bonds is 7. The average molecular weight is 492 g/mol. The largest absolute Gasteiger partial charge is 0.452 e. The second-order valence-electron chi connectivity index (χ2n) is 7.30. The third-order valence-corrected chi connectivity index (χ3v) is 6.17. The summed E-state index contributed by atoms with van der Waals surface area (Å²) < 4.78 is 72.3. The number of hydrogen-bond donors (Lipinski definition) is 2. The summed E-state index contributed by atoms with van der Waals surface area (Å²) in [6.07, 6.45) is 0. The maximum absolute atomic E-state index is 13.6. The molecule has 7 nitrogen and oxygen atoms in total. The molecule has 0 fully saturated rings. The molecule has 34 heavy (non-hydrogen) atoms. The highest BCUT2D eigenvalue weighted by Crippen LogP contribution is 2.22. The zero-order chi connectivity index (χ0) is 25.0. The maximum atomic E-state index is 13.6. The molecule has 0 aliphatic rings. The number of sulfonamides is 1. The molecule has 0 spiro atoms. The van der Waals surface area contributed by atoms with Crippen LogP contribution in [-0.4, -0.2) is 26.9 Å². The molecule has 0 saturated carbocycles. The van der Waals surface area contributed by atoms with E-state index in [1.54, 1.807) is 32.0 Å². The summed E-state index contributed by atoms with van der Waals surface area (Å²) in [5.74, 6) is -6.63. The van der Waals surface area contributed by atoms with Crippen molar-refractivity contribution in [2.45, 2.75) is 18.7 Å². The summed E-state index contributed by atoms with van der Waals surface area (Å²) in [5.41, 5.74) is 0.950. The highest BCUT2D eigenvalue weighted by Gasteiger charge is 2.19. The molecule has 0 aliphatic heterocycles. The maximum Gasteiger partial charge on any atom is 0.338 e. The number of carbonyl (C=O) groups is 2. The van der Waals surface area contributed by atoms with E-state index in [0.29, 0.717) is 11.6 Å². The lowest BCUT2D eigenvalue weighted by atomic mass is 10.2. The first-order chi connectivity index (χ1) is 16.0. The van der Waals surface area contributed by atoms with Crippen molar-refractivity contribution in [2.75, 3.05) is 16.6 Å². The van der Waals surface area contributed by atoms with Crippen LogP contribution in [0.5, 0.6) is 0 Å². The van der Waals surface area contributed by atoms with Gasteiger partial charge in [0.15, 0.2) is 24.1 Å². The zero-order valence-electron chi connectivity index (χ0n) is 18.0. The number of anilines is 2. The molecule has 1 amide bonds. The fourth-order valence-corrected chi connectivity index (χ4v) is 4.29. The molecule has 0 aliphatic carbocycles. The lowest BCUT2D eigenvalue weighted by Crippen LogP contribution is -2.21. The average Bonchev–Trinajstić information content (AvgIpc) is 2.79. The van der Waals surface area contributed by atoms with Crippen LogP contribution in [-0.2, 0) is 19.6 Å². The van der Waals surface area contributed by atoms with Crippen molar-refractivity contribution in [3.8, 4) is 0 Å². The highest BCUT2D eigenvalue weighted by molar-refractivity contribution is 7.92. The quantitative estimate of drug-likeness (QED) is 0.378. The lowest BCUT2D eigenvalue weighted by molar-refractivity contribution is -0.119. The van der Waals surface area contributed by atoms with Crippen molar-refractivity contribution < 1.29 is 35.9 Å². The van der Waals surface area contributed by atoms with Crippen molar-refractivity contribution in [3.63, 3.8) is 0 Å². The van der Waals surface area contributed by atoms with E-state index in [1.807, 2.05) is 5.32 Å². The molecule has 3 aromatic carbocycles. The molecule has 0 radical (unpaired) electrons. The number of nitrogens with one attached hydrogen (secondary N) is 2. The molecule has 0 bridgehead atoms. The molecule has 3 rings (SSSR count). The zero-order valence-corrected chi connectivity index (χ0v) is 18.8. The van der Waals surface area contributed by atoms with Gasteiger partial charge in [0.1, 0.15) is 0 Å². The van der Waals surface area contributed by atoms with Crippen LogP contribution in [0.4, 0.5) is 24.5 Å². The summed E-state index contributed by atoms with van der Waals surface area (Å²) in [7, 11) is -3.86. The molecule has 178 valence electrons. The van der Waals surface area contributed by atoms with Crippen molar-refractivity contribution in [2.24, 2.45) is 0 Å². The summed E-state index contributed by atoms with van der Waals surface area (Å²) in [6.45, 7) is 2.62. The number of esters is 1. The van der Waals surface area contributed by atoms with Crippen LogP contribution >= 0.6 is 0 Å². The number of hydrogen-bond acceptors (Lipinski definition) is 5. The number of ether oxygens (including phenoxy) is 1. The van der Waals surface area contributed by atoms with Crippen molar-refractivity contribution >= 4 is 33.3 Å². The first-order valence-corrected chi connectivity index (χ1v) is 11.3. The lowest BCUT2D eigenvalue weighted by Gasteiger charge is -2.12. The first-order valence-electron chi connectivity index (χ1n) is 9.78. The molecule has 0 unspecified atom stereocenters. The second kappa shape index (κ2) is 9.96. The van der Waals surface area contributed by atoms with Gasteiger partial charge in [0, 0.05) is 5.69 Å². The fraction of sp³-hybridized carbons (Fsp3) is 0.130. The van der Waals surface area contributed by atoms with Gasteiger partial charge < -0.3 is 10.1 Å². The van der Waals surface area contributed by atoms with E-state index in [4.69, 9.17) is 4.74 Å². The van der Waals surface area contributed by atoms with Gasteiger partial charge in [-0.2, -0.15) is 0 Å².